The molecule has 0 saturated carbocycles. The largest absolute Gasteiger partial charge is 0.489 e. The fourth-order valence-corrected chi connectivity index (χ4v) is 1.36. The van der Waals surface area contributed by atoms with E-state index in [9.17, 15) is 4.79 Å². The quantitative estimate of drug-likeness (QED) is 0.732. The van der Waals surface area contributed by atoms with Crippen LogP contribution in [0.5, 0.6) is 5.75 Å². The number of carbonyl (C=O) groups excluding carboxylic acids is 1. The molecular weight excluding hydrogens is 196 g/mol. The Hall–Kier alpha value is -1.81. The molecule has 1 aromatic rings. The van der Waals surface area contributed by atoms with Crippen molar-refractivity contribution in [2.75, 3.05) is 13.2 Å². The van der Waals surface area contributed by atoms with Gasteiger partial charge < -0.3 is 14.6 Å². The number of rotatable bonds is 2. The van der Waals surface area contributed by atoms with Crippen molar-refractivity contribution in [3.8, 4) is 5.75 Å². The molecule has 2 rings (SSSR count). The van der Waals surface area contributed by atoms with Gasteiger partial charge in [-0.15, -0.1) is 0 Å². The molecule has 1 aromatic carbocycles. The molecule has 4 nitrogen and oxygen atoms in total. The molecule has 1 heterocycles. The van der Waals surface area contributed by atoms with Crippen molar-refractivity contribution in [3.05, 3.63) is 35.9 Å². The van der Waals surface area contributed by atoms with E-state index in [1.54, 1.807) is 18.2 Å². The second kappa shape index (κ2) is 4.14. The molecule has 0 radical (unpaired) electrons. The Balaban J connectivity index is 2.26. The molecule has 0 unspecified atom stereocenters. The van der Waals surface area contributed by atoms with Gasteiger partial charge in [0.1, 0.15) is 24.7 Å². The SMILES string of the molecule is O=C(CO)OC1=CCOc2ccccc21. The van der Waals surface area contributed by atoms with Crippen LogP contribution in [0.25, 0.3) is 5.76 Å². The minimum Gasteiger partial charge on any atom is -0.489 e. The Labute approximate surface area is 86.7 Å². The first kappa shape index (κ1) is 9.73. The molecule has 0 amide bonds. The van der Waals surface area contributed by atoms with Gasteiger partial charge in [0.05, 0.1) is 5.56 Å². The molecule has 0 aromatic heterocycles. The van der Waals surface area contributed by atoms with Crippen molar-refractivity contribution in [1.29, 1.82) is 0 Å². The first-order valence-electron chi connectivity index (χ1n) is 4.55. The summed E-state index contributed by atoms with van der Waals surface area (Å²) in [4.78, 5) is 10.9. The van der Waals surface area contributed by atoms with Crippen LogP contribution < -0.4 is 4.74 Å². The van der Waals surface area contributed by atoms with E-state index in [1.165, 1.54) is 0 Å². The van der Waals surface area contributed by atoms with Gasteiger partial charge in [-0.05, 0) is 18.2 Å². The third-order valence-electron chi connectivity index (χ3n) is 2.01. The van der Waals surface area contributed by atoms with Crippen LogP contribution in [0.15, 0.2) is 30.3 Å². The summed E-state index contributed by atoms with van der Waals surface area (Å²) in [6.07, 6.45) is 1.66. The minimum atomic E-state index is -0.669. The Bertz CT molecular complexity index is 409. The number of esters is 1. The third-order valence-corrected chi connectivity index (χ3v) is 2.01. The van der Waals surface area contributed by atoms with Gasteiger partial charge in [0, 0.05) is 0 Å². The summed E-state index contributed by atoms with van der Waals surface area (Å²) in [6.45, 7) is -0.259. The second-order valence-corrected chi connectivity index (χ2v) is 3.01. The zero-order valence-electron chi connectivity index (χ0n) is 7.97. The van der Waals surface area contributed by atoms with Crippen molar-refractivity contribution in [2.45, 2.75) is 0 Å². The Morgan fingerprint density at radius 3 is 3.07 bits per heavy atom. The van der Waals surface area contributed by atoms with E-state index >= 15 is 0 Å². The lowest BCUT2D eigenvalue weighted by Crippen LogP contribution is -2.12. The molecule has 1 N–H and O–H groups in total. The molecule has 1 aliphatic heterocycles. The average Bonchev–Trinajstić information content (AvgIpc) is 2.29. The highest BCUT2D eigenvalue weighted by molar-refractivity contribution is 5.80. The summed E-state index contributed by atoms with van der Waals surface area (Å²) < 4.78 is 10.3. The number of fused-ring (bicyclic) bond motifs is 1. The smallest absolute Gasteiger partial charge is 0.337 e. The van der Waals surface area contributed by atoms with Gasteiger partial charge in [0.2, 0.25) is 0 Å². The van der Waals surface area contributed by atoms with Gasteiger partial charge in [-0.1, -0.05) is 12.1 Å². The topological polar surface area (TPSA) is 55.8 Å². The zero-order valence-corrected chi connectivity index (χ0v) is 7.97. The Morgan fingerprint density at radius 2 is 2.27 bits per heavy atom. The van der Waals surface area contributed by atoms with E-state index in [-0.39, 0.29) is 0 Å². The standard InChI is InChI=1S/C11H10O4/c12-7-11(13)15-10-5-6-14-9-4-2-1-3-8(9)10/h1-5,12H,6-7H2. The van der Waals surface area contributed by atoms with Crippen LogP contribution in [-0.2, 0) is 9.53 Å². The highest BCUT2D eigenvalue weighted by atomic mass is 16.6. The van der Waals surface area contributed by atoms with Crippen molar-refractivity contribution in [2.24, 2.45) is 0 Å². The van der Waals surface area contributed by atoms with E-state index in [1.807, 2.05) is 12.1 Å². The van der Waals surface area contributed by atoms with Crippen molar-refractivity contribution in [3.63, 3.8) is 0 Å². The molecule has 78 valence electrons. The van der Waals surface area contributed by atoms with E-state index in [0.29, 0.717) is 18.1 Å². The van der Waals surface area contributed by atoms with Crippen molar-refractivity contribution in [1.82, 2.24) is 0 Å². The number of aliphatic hydroxyl groups excluding tert-OH is 1. The first-order valence-corrected chi connectivity index (χ1v) is 4.55. The number of benzene rings is 1. The molecule has 4 heteroatoms. The van der Waals surface area contributed by atoms with E-state index in [4.69, 9.17) is 14.6 Å². The molecule has 0 atom stereocenters. The molecule has 0 saturated heterocycles. The predicted octanol–water partition coefficient (Wildman–Crippen LogP) is 0.955. The monoisotopic (exact) mass is 206 g/mol. The van der Waals surface area contributed by atoms with Gasteiger partial charge in [0.25, 0.3) is 0 Å². The highest BCUT2D eigenvalue weighted by Gasteiger charge is 2.16. The average molecular weight is 206 g/mol. The van der Waals surface area contributed by atoms with Gasteiger partial charge in [-0.3, -0.25) is 0 Å². The zero-order chi connectivity index (χ0) is 10.7. The van der Waals surface area contributed by atoms with Crippen LogP contribution in [0.4, 0.5) is 0 Å². The van der Waals surface area contributed by atoms with Crippen LogP contribution >= 0.6 is 0 Å². The number of hydrogen-bond acceptors (Lipinski definition) is 4. The maximum atomic E-state index is 10.9. The summed E-state index contributed by atoms with van der Waals surface area (Å²) in [6, 6.07) is 7.27. The maximum absolute atomic E-state index is 10.9. The van der Waals surface area contributed by atoms with Gasteiger partial charge in [-0.25, -0.2) is 4.79 Å². The van der Waals surface area contributed by atoms with Crippen LogP contribution in [0.1, 0.15) is 5.56 Å². The summed E-state index contributed by atoms with van der Waals surface area (Å²) in [7, 11) is 0. The Kier molecular flexibility index (Phi) is 2.69. The highest BCUT2D eigenvalue weighted by Crippen LogP contribution is 2.29. The Morgan fingerprint density at radius 1 is 1.47 bits per heavy atom. The molecular formula is C11H10O4. The van der Waals surface area contributed by atoms with Gasteiger partial charge in [-0.2, -0.15) is 0 Å². The lowest BCUT2D eigenvalue weighted by Gasteiger charge is -2.17. The molecule has 0 aliphatic carbocycles. The molecule has 0 spiro atoms. The van der Waals surface area contributed by atoms with Gasteiger partial charge in [0.15, 0.2) is 0 Å². The summed E-state index contributed by atoms with van der Waals surface area (Å²) in [5.41, 5.74) is 0.727. The predicted molar refractivity (Wildman–Crippen MR) is 53.1 cm³/mol. The number of ether oxygens (including phenoxy) is 2. The lowest BCUT2D eigenvalue weighted by molar-refractivity contribution is -0.139. The van der Waals surface area contributed by atoms with E-state index in [0.717, 1.165) is 5.56 Å². The molecule has 0 bridgehead atoms. The number of hydrogen-bond donors (Lipinski definition) is 1. The molecule has 1 aliphatic rings. The third kappa shape index (κ3) is 1.99. The van der Waals surface area contributed by atoms with Gasteiger partial charge >= 0.3 is 5.97 Å². The van der Waals surface area contributed by atoms with Crippen LogP contribution in [-0.4, -0.2) is 24.3 Å². The summed E-state index contributed by atoms with van der Waals surface area (Å²) in [5.74, 6) is 0.453. The molecule has 15 heavy (non-hydrogen) atoms. The number of para-hydroxylation sites is 1. The van der Waals surface area contributed by atoms with E-state index < -0.39 is 12.6 Å². The summed E-state index contributed by atoms with van der Waals surface area (Å²) >= 11 is 0. The van der Waals surface area contributed by atoms with Crippen LogP contribution in [0.2, 0.25) is 0 Å². The first-order chi connectivity index (χ1) is 7.31. The normalized spacial score (nSPS) is 13.5. The number of carbonyl (C=O) groups is 1. The lowest BCUT2D eigenvalue weighted by atomic mass is 10.1. The van der Waals surface area contributed by atoms with Crippen LogP contribution in [0.3, 0.4) is 0 Å². The van der Waals surface area contributed by atoms with Crippen molar-refractivity contribution < 1.29 is 19.4 Å². The van der Waals surface area contributed by atoms with Crippen LogP contribution in [0, 0.1) is 0 Å². The second-order valence-electron chi connectivity index (χ2n) is 3.01. The van der Waals surface area contributed by atoms with Crippen molar-refractivity contribution >= 4 is 11.7 Å². The molecule has 0 fully saturated rings. The summed E-state index contributed by atoms with van der Waals surface area (Å²) in [5, 5.41) is 8.58. The number of aliphatic hydroxyl groups is 1. The fraction of sp³-hybridized carbons (Fsp3) is 0.182. The van der Waals surface area contributed by atoms with E-state index in [2.05, 4.69) is 0 Å². The fourth-order valence-electron chi connectivity index (χ4n) is 1.36. The maximum Gasteiger partial charge on any atom is 0.337 e. The minimum absolute atomic E-state index is 0.366.